The molecular weight excluding hydrogens is 967 g/mol. The van der Waals surface area contributed by atoms with Gasteiger partial charge in [-0.05, 0) is 117 Å². The summed E-state index contributed by atoms with van der Waals surface area (Å²) in [6.45, 7) is 17.1. The Morgan fingerprint density at radius 3 is 1.70 bits per heavy atom. The lowest BCUT2D eigenvalue weighted by molar-refractivity contribution is -0.127. The predicted octanol–water partition coefficient (Wildman–Crippen LogP) is 9.82. The van der Waals surface area contributed by atoms with Crippen LogP contribution in [-0.2, 0) is 48.4 Å². The van der Waals surface area contributed by atoms with Crippen LogP contribution < -0.4 is 15.3 Å². The fraction of sp³-hybridized carbons (Fsp3) is 0.345. The van der Waals surface area contributed by atoms with Gasteiger partial charge in [-0.3, -0.25) is 40.0 Å². The molecule has 2 aliphatic heterocycles. The van der Waals surface area contributed by atoms with Gasteiger partial charge >= 0.3 is 0 Å². The molecule has 4 amide bonds. The summed E-state index contributed by atoms with van der Waals surface area (Å²) < 4.78 is 34.0. The number of carbonyl (C=O) groups excluding carboxylic acids is 4. The number of nitrogens with zero attached hydrogens (tertiary/aromatic N) is 6. The lowest BCUT2D eigenvalue weighted by Gasteiger charge is -2.42. The monoisotopic (exact) mass is 1030 g/mol. The van der Waals surface area contributed by atoms with Crippen molar-refractivity contribution in [3.63, 3.8) is 0 Å². The van der Waals surface area contributed by atoms with Crippen LogP contribution in [0.1, 0.15) is 124 Å². The Balaban J connectivity index is 0.000000203. The maximum Gasteiger partial charge on any atom is 0.258 e. The number of nitrogens with one attached hydrogen (secondary N) is 2. The van der Waals surface area contributed by atoms with Crippen LogP contribution in [-0.4, -0.2) is 81.1 Å². The van der Waals surface area contributed by atoms with E-state index in [1.807, 2.05) is 19.1 Å². The van der Waals surface area contributed by atoms with E-state index in [9.17, 15) is 33.1 Å². The molecule has 380 valence electrons. The number of fused-ring (bicyclic) bond motifs is 4. The molecule has 3 N–H and O–H groups in total. The topological polar surface area (TPSA) is 180 Å². The highest BCUT2D eigenvalue weighted by Crippen LogP contribution is 2.48. The third-order valence-corrected chi connectivity index (χ3v) is 20.7. The number of halogens is 2. The van der Waals surface area contributed by atoms with Crippen molar-refractivity contribution in [2.24, 2.45) is 0 Å². The quantitative estimate of drug-likeness (QED) is 0.0744. The van der Waals surface area contributed by atoms with E-state index in [0.29, 0.717) is 65.8 Å². The molecule has 0 saturated heterocycles. The summed E-state index contributed by atoms with van der Waals surface area (Å²) in [6, 6.07) is 16.7. The standard InChI is InChI=1S/C32H41FN4O4Si.C23H19FN4O2S/c1-18(2)42(19(3)4,20(5)6)41-31-29-27(17-37(8)32(29)40)25(15-28(39)36-35-21(7)38)26-14-23(16-34-30(26)31)13-22-9-11-24(33)12-10-22;1-12-26-27-19(31-12)9-16-17-8-14(7-13-3-5-15(24)6-4-13)10-25-21(17)22(29)20-18(16)11-28(2)23(20)30/h9-12,14,16,18-20H,13,15,17H2,1-8H3,(H,35,38)(H,36,39);3-6,8,10,29H,7,9,11H2,1-2H3. The highest BCUT2D eigenvalue weighted by atomic mass is 32.1. The van der Waals surface area contributed by atoms with E-state index in [0.717, 1.165) is 59.7 Å². The van der Waals surface area contributed by atoms with Crippen molar-refractivity contribution < 1.29 is 37.5 Å². The largest absolute Gasteiger partial charge is 0.541 e. The summed E-state index contributed by atoms with van der Waals surface area (Å²) in [6.07, 6.45) is 4.99. The number of amides is 4. The second-order valence-corrected chi connectivity index (χ2v) is 26.6. The van der Waals surface area contributed by atoms with Crippen LogP contribution in [0.2, 0.25) is 16.6 Å². The Kier molecular flexibility index (Phi) is 15.1. The molecular formula is C55H60F2N8O6SSi. The number of benzene rings is 4. The fourth-order valence-electron chi connectivity index (χ4n) is 10.6. The second kappa shape index (κ2) is 21.1. The van der Waals surface area contributed by atoms with Crippen molar-refractivity contribution in [2.45, 2.75) is 111 Å². The average molecular weight is 1030 g/mol. The number of phenolic OH excluding ortho intramolecular Hbond substituents is 1. The summed E-state index contributed by atoms with van der Waals surface area (Å²) >= 11 is 1.51. The minimum Gasteiger partial charge on any atom is -0.541 e. The Morgan fingerprint density at radius 1 is 0.712 bits per heavy atom. The number of aromatic hydroxyl groups is 1. The summed E-state index contributed by atoms with van der Waals surface area (Å²) in [5.74, 6) is -1.34. The van der Waals surface area contributed by atoms with Gasteiger partial charge in [0.05, 0.1) is 17.5 Å². The first-order valence-electron chi connectivity index (χ1n) is 24.3. The number of hydrazine groups is 1. The molecule has 73 heavy (non-hydrogen) atoms. The Morgan fingerprint density at radius 2 is 1.21 bits per heavy atom. The van der Waals surface area contributed by atoms with Gasteiger partial charge in [-0.25, -0.2) is 8.78 Å². The Labute approximate surface area is 428 Å². The van der Waals surface area contributed by atoms with Gasteiger partial charge in [0.15, 0.2) is 5.75 Å². The average Bonchev–Trinajstić information content (AvgIpc) is 4.00. The zero-order chi connectivity index (χ0) is 52.6. The number of carbonyl (C=O) groups is 4. The number of aryl methyl sites for hydroxylation is 1. The molecule has 2 aliphatic rings. The summed E-state index contributed by atoms with van der Waals surface area (Å²) in [4.78, 5) is 63.5. The maximum absolute atomic E-state index is 13.7. The van der Waals surface area contributed by atoms with Gasteiger partial charge in [0.25, 0.3) is 20.1 Å². The predicted molar refractivity (Wildman–Crippen MR) is 280 cm³/mol. The van der Waals surface area contributed by atoms with Gasteiger partial charge < -0.3 is 19.3 Å². The third-order valence-electron chi connectivity index (χ3n) is 13.9. The fourth-order valence-corrected chi connectivity index (χ4v) is 16.6. The van der Waals surface area contributed by atoms with Crippen LogP contribution in [0.15, 0.2) is 73.1 Å². The molecule has 3 aromatic heterocycles. The second-order valence-electron chi connectivity index (χ2n) is 20.0. The number of pyridine rings is 2. The van der Waals surface area contributed by atoms with Gasteiger partial charge in [-0.1, -0.05) is 65.8 Å². The number of rotatable bonds is 13. The normalized spacial score (nSPS) is 13.3. The minimum atomic E-state index is -2.51. The number of hydrogen-bond acceptors (Lipinski definition) is 11. The van der Waals surface area contributed by atoms with E-state index < -0.39 is 20.1 Å². The van der Waals surface area contributed by atoms with Gasteiger partial charge in [-0.2, -0.15) is 0 Å². The van der Waals surface area contributed by atoms with Crippen molar-refractivity contribution in [3.05, 3.63) is 150 Å². The first kappa shape index (κ1) is 52.1. The molecule has 0 fully saturated rings. The van der Waals surface area contributed by atoms with Crippen molar-refractivity contribution in [1.82, 2.24) is 40.8 Å². The smallest absolute Gasteiger partial charge is 0.258 e. The molecule has 0 spiro atoms. The summed E-state index contributed by atoms with van der Waals surface area (Å²) in [7, 11) is 0.953. The van der Waals surface area contributed by atoms with Gasteiger partial charge in [0.1, 0.15) is 38.4 Å². The first-order valence-corrected chi connectivity index (χ1v) is 27.3. The van der Waals surface area contributed by atoms with Crippen LogP contribution in [0.5, 0.6) is 11.5 Å². The molecule has 4 aromatic carbocycles. The molecule has 0 atom stereocenters. The molecule has 0 bridgehead atoms. The molecule has 0 saturated carbocycles. The van der Waals surface area contributed by atoms with Crippen LogP contribution >= 0.6 is 11.3 Å². The third kappa shape index (κ3) is 10.5. The van der Waals surface area contributed by atoms with E-state index in [4.69, 9.17) is 9.41 Å². The van der Waals surface area contributed by atoms with Crippen molar-refractivity contribution in [1.29, 1.82) is 0 Å². The van der Waals surface area contributed by atoms with E-state index >= 15 is 0 Å². The SMILES string of the molecule is CC(=O)NNC(=O)Cc1c2c(c(O[Si](C(C)C)(C(C)C)C(C)C)c3ncc(Cc4ccc(F)cc4)cc13)C(=O)N(C)C2.Cc1nnc(Cc2c3c(c(O)c4ncc(Cc5ccc(F)cc5)cc24)C(=O)N(C)C3)s1. The number of hydrogen-bond donors (Lipinski definition) is 3. The van der Waals surface area contributed by atoms with Gasteiger partial charge in [0.2, 0.25) is 11.8 Å². The van der Waals surface area contributed by atoms with E-state index in [2.05, 4.69) is 67.6 Å². The van der Waals surface area contributed by atoms with Gasteiger partial charge in [-0.15, -0.1) is 21.5 Å². The van der Waals surface area contributed by atoms with Crippen molar-refractivity contribution >= 4 is 65.1 Å². The number of aromatic nitrogens is 4. The molecule has 14 nitrogen and oxygen atoms in total. The summed E-state index contributed by atoms with van der Waals surface area (Å²) in [5.41, 5.74) is 14.2. The Bertz CT molecular complexity index is 3270. The van der Waals surface area contributed by atoms with Crippen LogP contribution in [0, 0.1) is 18.6 Å². The zero-order valence-corrected chi connectivity index (χ0v) is 44.6. The Hall–Kier alpha value is -7.18. The van der Waals surface area contributed by atoms with Crippen LogP contribution in [0.3, 0.4) is 0 Å². The summed E-state index contributed by atoms with van der Waals surface area (Å²) in [5, 5.41) is 22.5. The number of phenols is 1. The lowest BCUT2D eigenvalue weighted by Crippen LogP contribution is -2.51. The van der Waals surface area contributed by atoms with Crippen molar-refractivity contribution in [3.8, 4) is 11.5 Å². The van der Waals surface area contributed by atoms with Crippen LogP contribution in [0.25, 0.3) is 21.8 Å². The molecule has 0 radical (unpaired) electrons. The molecule has 5 heterocycles. The van der Waals surface area contributed by atoms with Gasteiger partial charge in [0, 0.05) is 63.7 Å². The minimum absolute atomic E-state index is 0.0662. The maximum atomic E-state index is 13.7. The molecule has 9 rings (SSSR count). The molecule has 0 aliphatic carbocycles. The van der Waals surface area contributed by atoms with E-state index in [1.165, 1.54) is 42.5 Å². The zero-order valence-electron chi connectivity index (χ0n) is 42.7. The lowest BCUT2D eigenvalue weighted by atomic mass is 9.93. The van der Waals surface area contributed by atoms with Crippen molar-refractivity contribution in [2.75, 3.05) is 14.1 Å². The molecule has 0 unspecified atom stereocenters. The molecule has 18 heteroatoms. The first-order chi connectivity index (χ1) is 34.7. The molecule has 7 aromatic rings. The van der Waals surface area contributed by atoms with E-state index in [1.54, 1.807) is 60.6 Å². The highest BCUT2D eigenvalue weighted by molar-refractivity contribution is 7.11. The highest BCUT2D eigenvalue weighted by Gasteiger charge is 2.49. The van der Waals surface area contributed by atoms with E-state index in [-0.39, 0.29) is 52.2 Å². The van der Waals surface area contributed by atoms with Crippen LogP contribution in [0.4, 0.5) is 8.78 Å².